The van der Waals surface area contributed by atoms with Gasteiger partial charge in [-0.3, -0.25) is 4.79 Å². The summed E-state index contributed by atoms with van der Waals surface area (Å²) in [4.78, 5) is 11.2. The molecule has 0 aliphatic heterocycles. The van der Waals surface area contributed by atoms with Crippen LogP contribution in [0.15, 0.2) is 30.3 Å². The largest absolute Gasteiger partial charge is 0.300 e. The number of sulfone groups is 1. The average molecular weight is 254 g/mol. The molecule has 0 saturated carbocycles. The first-order chi connectivity index (χ1) is 7.97. The summed E-state index contributed by atoms with van der Waals surface area (Å²) in [5, 5.41) is -0.693. The SMILES string of the molecule is CCCS(=O)(=O)C(CC(C)=O)c1ccccc1. The fourth-order valence-electron chi connectivity index (χ4n) is 1.81. The third-order valence-electron chi connectivity index (χ3n) is 2.57. The highest BCUT2D eigenvalue weighted by molar-refractivity contribution is 7.91. The summed E-state index contributed by atoms with van der Waals surface area (Å²) in [6.45, 7) is 3.25. The lowest BCUT2D eigenvalue weighted by molar-refractivity contribution is -0.117. The fourth-order valence-corrected chi connectivity index (χ4v) is 3.72. The predicted molar refractivity (Wildman–Crippen MR) is 68.6 cm³/mol. The summed E-state index contributed by atoms with van der Waals surface area (Å²) in [5.74, 6) is 0.0263. The lowest BCUT2D eigenvalue weighted by atomic mass is 10.1. The van der Waals surface area contributed by atoms with Gasteiger partial charge in [-0.15, -0.1) is 0 Å². The van der Waals surface area contributed by atoms with E-state index in [2.05, 4.69) is 0 Å². The van der Waals surface area contributed by atoms with Gasteiger partial charge in [-0.1, -0.05) is 37.3 Å². The van der Waals surface area contributed by atoms with Crippen LogP contribution >= 0.6 is 0 Å². The second-order valence-electron chi connectivity index (χ2n) is 4.17. The van der Waals surface area contributed by atoms with Crippen LogP contribution in [0.2, 0.25) is 0 Å². The molecule has 1 unspecified atom stereocenters. The molecule has 0 heterocycles. The van der Waals surface area contributed by atoms with Gasteiger partial charge < -0.3 is 0 Å². The van der Waals surface area contributed by atoms with Crippen molar-refractivity contribution in [3.05, 3.63) is 35.9 Å². The van der Waals surface area contributed by atoms with Crippen molar-refractivity contribution in [3.8, 4) is 0 Å². The van der Waals surface area contributed by atoms with Gasteiger partial charge in [-0.25, -0.2) is 8.42 Å². The molecule has 0 aliphatic carbocycles. The molecule has 94 valence electrons. The zero-order valence-corrected chi connectivity index (χ0v) is 11.0. The molecular formula is C13H18O3S. The minimum Gasteiger partial charge on any atom is -0.300 e. The number of rotatable bonds is 6. The fraction of sp³-hybridized carbons (Fsp3) is 0.462. The maximum Gasteiger partial charge on any atom is 0.157 e. The summed E-state index contributed by atoms with van der Waals surface area (Å²) in [5.41, 5.74) is 0.705. The molecule has 0 radical (unpaired) electrons. The van der Waals surface area contributed by atoms with Crippen molar-refractivity contribution < 1.29 is 13.2 Å². The van der Waals surface area contributed by atoms with E-state index < -0.39 is 15.1 Å². The minimum atomic E-state index is -3.24. The van der Waals surface area contributed by atoms with Gasteiger partial charge in [0.2, 0.25) is 0 Å². The molecule has 0 amide bonds. The Morgan fingerprint density at radius 1 is 1.24 bits per heavy atom. The third-order valence-corrected chi connectivity index (χ3v) is 4.85. The first-order valence-electron chi connectivity index (χ1n) is 5.73. The van der Waals surface area contributed by atoms with Crippen LogP contribution in [0.5, 0.6) is 0 Å². The highest BCUT2D eigenvalue weighted by Gasteiger charge is 2.27. The van der Waals surface area contributed by atoms with E-state index in [-0.39, 0.29) is 18.0 Å². The summed E-state index contributed by atoms with van der Waals surface area (Å²) in [7, 11) is -3.24. The normalized spacial score (nSPS) is 13.3. The van der Waals surface area contributed by atoms with E-state index in [0.29, 0.717) is 12.0 Å². The van der Waals surface area contributed by atoms with Crippen molar-refractivity contribution in [2.75, 3.05) is 5.75 Å². The van der Waals surface area contributed by atoms with E-state index >= 15 is 0 Å². The molecule has 1 atom stereocenters. The molecule has 1 aromatic rings. The molecule has 1 rings (SSSR count). The van der Waals surface area contributed by atoms with Crippen LogP contribution in [0, 0.1) is 0 Å². The number of carbonyl (C=O) groups excluding carboxylic acids is 1. The molecule has 4 heteroatoms. The van der Waals surface area contributed by atoms with Gasteiger partial charge >= 0.3 is 0 Å². The van der Waals surface area contributed by atoms with Gasteiger partial charge in [-0.2, -0.15) is 0 Å². The molecule has 0 N–H and O–H groups in total. The lowest BCUT2D eigenvalue weighted by Crippen LogP contribution is -2.19. The van der Waals surface area contributed by atoms with Gasteiger partial charge in [-0.05, 0) is 18.9 Å². The van der Waals surface area contributed by atoms with Gasteiger partial charge in [0.15, 0.2) is 9.84 Å². The van der Waals surface area contributed by atoms with Crippen molar-refractivity contribution in [1.82, 2.24) is 0 Å². The molecule has 0 aliphatic rings. The second-order valence-corrected chi connectivity index (χ2v) is 6.48. The molecule has 0 bridgehead atoms. The number of benzene rings is 1. The van der Waals surface area contributed by atoms with Crippen molar-refractivity contribution in [2.24, 2.45) is 0 Å². The van der Waals surface area contributed by atoms with Gasteiger partial charge in [0, 0.05) is 6.42 Å². The van der Waals surface area contributed by atoms with Crippen LogP contribution < -0.4 is 0 Å². The van der Waals surface area contributed by atoms with Crippen molar-refractivity contribution >= 4 is 15.6 Å². The Morgan fingerprint density at radius 3 is 2.29 bits per heavy atom. The molecule has 17 heavy (non-hydrogen) atoms. The van der Waals surface area contributed by atoms with Crippen LogP contribution in [0.1, 0.15) is 37.5 Å². The van der Waals surface area contributed by atoms with Crippen LogP contribution in [-0.4, -0.2) is 20.0 Å². The maximum absolute atomic E-state index is 12.1. The molecule has 1 aromatic carbocycles. The molecule has 3 nitrogen and oxygen atoms in total. The Bertz CT molecular complexity index is 463. The van der Waals surface area contributed by atoms with E-state index in [0.717, 1.165) is 0 Å². The van der Waals surface area contributed by atoms with Crippen molar-refractivity contribution in [1.29, 1.82) is 0 Å². The van der Waals surface area contributed by atoms with E-state index in [9.17, 15) is 13.2 Å². The smallest absolute Gasteiger partial charge is 0.157 e. The zero-order valence-electron chi connectivity index (χ0n) is 10.2. The topological polar surface area (TPSA) is 51.2 Å². The molecular weight excluding hydrogens is 236 g/mol. The molecule has 0 spiro atoms. The number of ketones is 1. The number of Topliss-reactive ketones (excluding diaryl/α,β-unsaturated/α-hetero) is 1. The summed E-state index contributed by atoms with van der Waals surface area (Å²) in [6, 6.07) is 8.95. The number of hydrogen-bond donors (Lipinski definition) is 0. The van der Waals surface area contributed by atoms with Crippen molar-refractivity contribution in [2.45, 2.75) is 31.9 Å². The Balaban J connectivity index is 3.09. The summed E-state index contributed by atoms with van der Waals surface area (Å²) >= 11 is 0. The van der Waals surface area contributed by atoms with Gasteiger partial charge in [0.1, 0.15) is 5.78 Å². The summed E-state index contributed by atoms with van der Waals surface area (Å²) in [6.07, 6.45) is 0.635. The molecule has 0 aromatic heterocycles. The summed E-state index contributed by atoms with van der Waals surface area (Å²) < 4.78 is 24.2. The lowest BCUT2D eigenvalue weighted by Gasteiger charge is -2.16. The van der Waals surface area contributed by atoms with E-state index in [4.69, 9.17) is 0 Å². The number of carbonyl (C=O) groups is 1. The predicted octanol–water partition coefficient (Wildman–Crippen LogP) is 2.53. The Hall–Kier alpha value is -1.16. The third kappa shape index (κ3) is 3.97. The van der Waals surface area contributed by atoms with Gasteiger partial charge in [0.05, 0.1) is 11.0 Å². The average Bonchev–Trinajstić information content (AvgIpc) is 2.26. The number of hydrogen-bond acceptors (Lipinski definition) is 3. The quantitative estimate of drug-likeness (QED) is 0.784. The Morgan fingerprint density at radius 2 is 1.82 bits per heavy atom. The van der Waals surface area contributed by atoms with Crippen LogP contribution in [0.25, 0.3) is 0 Å². The molecule has 0 saturated heterocycles. The first kappa shape index (κ1) is 13.9. The second kappa shape index (κ2) is 5.96. The zero-order chi connectivity index (χ0) is 12.9. The van der Waals surface area contributed by atoms with Crippen LogP contribution in [-0.2, 0) is 14.6 Å². The Labute approximate surface area is 103 Å². The Kier molecular flexibility index (Phi) is 4.87. The maximum atomic E-state index is 12.1. The monoisotopic (exact) mass is 254 g/mol. The minimum absolute atomic E-state index is 0.0619. The van der Waals surface area contributed by atoms with Crippen molar-refractivity contribution in [3.63, 3.8) is 0 Å². The van der Waals surface area contributed by atoms with Crippen LogP contribution in [0.3, 0.4) is 0 Å². The van der Waals surface area contributed by atoms with E-state index in [1.807, 2.05) is 13.0 Å². The highest BCUT2D eigenvalue weighted by Crippen LogP contribution is 2.27. The molecule has 0 fully saturated rings. The first-order valence-corrected chi connectivity index (χ1v) is 7.45. The van der Waals surface area contributed by atoms with E-state index in [1.165, 1.54) is 6.92 Å². The van der Waals surface area contributed by atoms with Crippen LogP contribution in [0.4, 0.5) is 0 Å². The standard InChI is InChI=1S/C13H18O3S/c1-3-9-17(15,16)13(10-11(2)14)12-7-5-4-6-8-12/h4-8,13H,3,9-10H2,1-2H3. The highest BCUT2D eigenvalue weighted by atomic mass is 32.2. The van der Waals surface area contributed by atoms with Gasteiger partial charge in [0.25, 0.3) is 0 Å². The van der Waals surface area contributed by atoms with E-state index in [1.54, 1.807) is 24.3 Å².